The van der Waals surface area contributed by atoms with Crippen LogP contribution in [0.15, 0.2) is 72.8 Å². The van der Waals surface area contributed by atoms with Crippen LogP contribution in [-0.2, 0) is 12.7 Å². The maximum absolute atomic E-state index is 13.3. The number of carbonyl (C=O) groups excluding carboxylic acids is 1. The van der Waals surface area contributed by atoms with Crippen LogP contribution in [0, 0.1) is 6.92 Å². The Bertz CT molecular complexity index is 1070. The fourth-order valence-electron chi connectivity index (χ4n) is 3.56. The number of benzene rings is 3. The number of alkyl halides is 3. The number of fused-ring (bicyclic) bond motifs is 1. The van der Waals surface area contributed by atoms with Crippen LogP contribution in [0.25, 0.3) is 0 Å². The number of anilines is 2. The second-order valence-corrected chi connectivity index (χ2v) is 7.21. The van der Waals surface area contributed by atoms with Gasteiger partial charge in [-0.05, 0) is 48.9 Å². The van der Waals surface area contributed by atoms with E-state index in [1.165, 1.54) is 21.9 Å². The number of para-hydroxylation sites is 1. The van der Waals surface area contributed by atoms with Gasteiger partial charge in [-0.15, -0.1) is 0 Å². The number of halogens is 3. The average molecular weight is 412 g/mol. The molecule has 4 nitrogen and oxygen atoms in total. The van der Waals surface area contributed by atoms with Gasteiger partial charge in [0.25, 0.3) is 0 Å². The molecule has 4 rings (SSSR count). The molecule has 3 aromatic rings. The third kappa shape index (κ3) is 3.64. The largest absolute Gasteiger partial charge is 0.416 e. The van der Waals surface area contributed by atoms with Gasteiger partial charge < -0.3 is 5.11 Å². The second-order valence-electron chi connectivity index (χ2n) is 7.21. The summed E-state index contributed by atoms with van der Waals surface area (Å²) in [5.41, 5.74) is 2.42. The van der Waals surface area contributed by atoms with Crippen LogP contribution >= 0.6 is 0 Å². The van der Waals surface area contributed by atoms with Gasteiger partial charge in [0.2, 0.25) is 0 Å². The van der Waals surface area contributed by atoms with Crippen molar-refractivity contribution in [2.24, 2.45) is 0 Å². The molecule has 1 unspecified atom stereocenters. The zero-order valence-electron chi connectivity index (χ0n) is 16.1. The van der Waals surface area contributed by atoms with E-state index >= 15 is 0 Å². The summed E-state index contributed by atoms with van der Waals surface area (Å²) in [5.74, 6) is 0. The highest BCUT2D eigenvalue weighted by molar-refractivity contribution is 6.02. The number of nitrogens with zero attached hydrogens (tertiary/aromatic N) is 2. The molecular formula is C23H19F3N2O2. The molecule has 1 aliphatic heterocycles. The molecule has 1 atom stereocenters. The van der Waals surface area contributed by atoms with Crippen LogP contribution < -0.4 is 4.90 Å². The van der Waals surface area contributed by atoms with Gasteiger partial charge in [0.1, 0.15) is 0 Å². The number of aryl methyl sites for hydroxylation is 1. The smallest absolute Gasteiger partial charge is 0.369 e. The van der Waals surface area contributed by atoms with Gasteiger partial charge in [-0.3, -0.25) is 9.80 Å². The van der Waals surface area contributed by atoms with Crippen molar-refractivity contribution >= 4 is 17.4 Å². The molecule has 1 N–H and O–H groups in total. The van der Waals surface area contributed by atoms with Crippen LogP contribution in [0.4, 0.5) is 29.3 Å². The van der Waals surface area contributed by atoms with Crippen LogP contribution in [0.3, 0.4) is 0 Å². The molecule has 0 fully saturated rings. The molecule has 0 aromatic heterocycles. The van der Waals surface area contributed by atoms with Crippen LogP contribution in [0.5, 0.6) is 0 Å². The van der Waals surface area contributed by atoms with E-state index in [1.54, 1.807) is 18.2 Å². The van der Waals surface area contributed by atoms with E-state index in [9.17, 15) is 23.1 Å². The van der Waals surface area contributed by atoms with E-state index in [0.717, 1.165) is 17.7 Å². The SMILES string of the molecule is Cc1ccc2c(c1)C(O)N(Cc1ccc(C(F)(F)F)cc1)C(=O)N2c1ccccc1. The fourth-order valence-corrected chi connectivity index (χ4v) is 3.56. The average Bonchev–Trinajstić information content (AvgIpc) is 2.72. The molecule has 0 spiro atoms. The minimum absolute atomic E-state index is 0.0329. The highest BCUT2D eigenvalue weighted by atomic mass is 19.4. The van der Waals surface area contributed by atoms with Gasteiger partial charge in [0.05, 0.1) is 23.5 Å². The van der Waals surface area contributed by atoms with Crippen molar-refractivity contribution in [2.75, 3.05) is 4.90 Å². The Morgan fingerprint density at radius 3 is 2.27 bits per heavy atom. The van der Waals surface area contributed by atoms with Gasteiger partial charge in [-0.25, -0.2) is 4.79 Å². The van der Waals surface area contributed by atoms with E-state index < -0.39 is 24.0 Å². The van der Waals surface area contributed by atoms with Crippen molar-refractivity contribution < 1.29 is 23.1 Å². The van der Waals surface area contributed by atoms with Crippen molar-refractivity contribution in [3.63, 3.8) is 0 Å². The summed E-state index contributed by atoms with van der Waals surface area (Å²) < 4.78 is 38.5. The number of urea groups is 1. The van der Waals surface area contributed by atoms with Crippen molar-refractivity contribution in [3.8, 4) is 0 Å². The van der Waals surface area contributed by atoms with Crippen molar-refractivity contribution in [1.29, 1.82) is 0 Å². The zero-order valence-corrected chi connectivity index (χ0v) is 16.1. The summed E-state index contributed by atoms with van der Waals surface area (Å²) in [4.78, 5) is 16.1. The van der Waals surface area contributed by atoms with Gasteiger partial charge in [-0.1, -0.05) is 42.0 Å². The first-order valence-corrected chi connectivity index (χ1v) is 9.36. The Morgan fingerprint density at radius 1 is 0.967 bits per heavy atom. The summed E-state index contributed by atoms with van der Waals surface area (Å²) in [6.07, 6.45) is -5.64. The van der Waals surface area contributed by atoms with Crippen molar-refractivity contribution in [2.45, 2.75) is 25.9 Å². The molecule has 30 heavy (non-hydrogen) atoms. The Kier molecular flexibility index (Phi) is 4.99. The van der Waals surface area contributed by atoms with Crippen molar-refractivity contribution in [3.05, 3.63) is 95.1 Å². The number of amides is 2. The topological polar surface area (TPSA) is 43.8 Å². The van der Waals surface area contributed by atoms with Crippen LogP contribution in [0.1, 0.15) is 28.5 Å². The van der Waals surface area contributed by atoms with E-state index in [1.807, 2.05) is 37.3 Å². The predicted octanol–water partition coefficient (Wildman–Crippen LogP) is 5.78. The van der Waals surface area contributed by atoms with E-state index in [0.29, 0.717) is 22.5 Å². The molecule has 0 bridgehead atoms. The normalized spacial score (nSPS) is 16.6. The Balaban J connectivity index is 1.73. The first-order valence-electron chi connectivity index (χ1n) is 9.36. The van der Waals surface area contributed by atoms with Crippen molar-refractivity contribution in [1.82, 2.24) is 4.90 Å². The number of aliphatic hydroxyl groups is 1. The molecule has 0 radical (unpaired) electrons. The molecule has 0 saturated heterocycles. The molecule has 7 heteroatoms. The number of rotatable bonds is 3. The third-order valence-corrected chi connectivity index (χ3v) is 5.08. The first kappa shape index (κ1) is 20.0. The van der Waals surface area contributed by atoms with Gasteiger partial charge in [0, 0.05) is 5.56 Å². The molecule has 1 aliphatic rings. The lowest BCUT2D eigenvalue weighted by Crippen LogP contribution is -2.47. The molecular weight excluding hydrogens is 393 g/mol. The number of hydrogen-bond donors (Lipinski definition) is 1. The molecule has 3 aromatic carbocycles. The minimum Gasteiger partial charge on any atom is -0.369 e. The summed E-state index contributed by atoms with van der Waals surface area (Å²) >= 11 is 0. The Morgan fingerprint density at radius 2 is 1.63 bits per heavy atom. The first-order chi connectivity index (χ1) is 14.3. The highest BCUT2D eigenvalue weighted by Gasteiger charge is 2.37. The summed E-state index contributed by atoms with van der Waals surface area (Å²) in [6, 6.07) is 18.6. The van der Waals surface area contributed by atoms with Gasteiger partial charge >= 0.3 is 12.2 Å². The number of carbonyl (C=O) groups is 1. The standard InChI is InChI=1S/C23H19F3N2O2/c1-15-7-12-20-19(13-15)21(29)27(22(30)28(20)18-5-3-2-4-6-18)14-16-8-10-17(11-9-16)23(24,25)26/h2-13,21,29H,14H2,1H3. The Hall–Kier alpha value is -3.32. The fraction of sp³-hybridized carbons (Fsp3) is 0.174. The summed E-state index contributed by atoms with van der Waals surface area (Å²) in [5, 5.41) is 10.9. The number of hydrogen-bond acceptors (Lipinski definition) is 2. The number of aliphatic hydroxyl groups excluding tert-OH is 1. The quantitative estimate of drug-likeness (QED) is 0.593. The molecule has 154 valence electrons. The lowest BCUT2D eigenvalue weighted by Gasteiger charge is -2.40. The third-order valence-electron chi connectivity index (χ3n) is 5.08. The summed E-state index contributed by atoms with van der Waals surface area (Å²) in [7, 11) is 0. The molecule has 1 heterocycles. The maximum Gasteiger partial charge on any atom is 0.416 e. The van der Waals surface area contributed by atoms with Crippen LogP contribution in [-0.4, -0.2) is 16.0 Å². The monoisotopic (exact) mass is 412 g/mol. The lowest BCUT2D eigenvalue weighted by molar-refractivity contribution is -0.137. The maximum atomic E-state index is 13.3. The van der Waals surface area contributed by atoms with E-state index in [2.05, 4.69) is 0 Å². The Labute approximate surface area is 171 Å². The highest BCUT2D eigenvalue weighted by Crippen LogP contribution is 2.40. The predicted molar refractivity (Wildman–Crippen MR) is 107 cm³/mol. The zero-order chi connectivity index (χ0) is 21.5. The second kappa shape index (κ2) is 7.50. The minimum atomic E-state index is -4.43. The molecule has 0 aliphatic carbocycles. The van der Waals surface area contributed by atoms with Gasteiger partial charge in [0.15, 0.2) is 6.23 Å². The van der Waals surface area contributed by atoms with Gasteiger partial charge in [-0.2, -0.15) is 13.2 Å². The van der Waals surface area contributed by atoms with Crippen LogP contribution in [0.2, 0.25) is 0 Å². The van der Waals surface area contributed by atoms with E-state index in [4.69, 9.17) is 0 Å². The van der Waals surface area contributed by atoms with E-state index in [-0.39, 0.29) is 6.54 Å². The molecule has 0 saturated carbocycles. The lowest BCUT2D eigenvalue weighted by atomic mass is 10.0. The molecule has 2 amide bonds. The summed E-state index contributed by atoms with van der Waals surface area (Å²) in [6.45, 7) is 1.85.